The van der Waals surface area contributed by atoms with Crippen molar-refractivity contribution in [3.05, 3.63) is 0 Å². The number of aliphatic hydroxyl groups is 1. The molecule has 116 valence electrons. The zero-order chi connectivity index (χ0) is 15.3. The summed E-state index contributed by atoms with van der Waals surface area (Å²) in [6, 6.07) is -0.233. The highest BCUT2D eigenvalue weighted by Gasteiger charge is 2.34. The zero-order valence-electron chi connectivity index (χ0n) is 12.4. The molecule has 2 amide bonds. The van der Waals surface area contributed by atoms with Crippen LogP contribution >= 0.6 is 0 Å². The lowest BCUT2D eigenvalue weighted by Gasteiger charge is -2.27. The van der Waals surface area contributed by atoms with Gasteiger partial charge in [-0.2, -0.15) is 0 Å². The maximum absolute atomic E-state index is 12.1. The summed E-state index contributed by atoms with van der Waals surface area (Å²) in [7, 11) is 3.85. The molecule has 3 unspecified atom stereocenters. The van der Waals surface area contributed by atoms with Crippen molar-refractivity contribution in [2.24, 2.45) is 5.92 Å². The van der Waals surface area contributed by atoms with Crippen molar-refractivity contribution in [3.63, 3.8) is 0 Å². The molecule has 1 aliphatic heterocycles. The Hall–Kier alpha value is -1.34. The number of likely N-dealkylation sites (N-methyl/N-ethyl adjacent to an activating group) is 1. The van der Waals surface area contributed by atoms with Crippen LogP contribution < -0.4 is 5.32 Å². The number of nitrogens with one attached hydrogen (secondary N) is 1. The van der Waals surface area contributed by atoms with E-state index in [1.54, 1.807) is 11.8 Å². The molecule has 3 N–H and O–H groups in total. The van der Waals surface area contributed by atoms with Crippen molar-refractivity contribution in [2.45, 2.75) is 31.9 Å². The summed E-state index contributed by atoms with van der Waals surface area (Å²) >= 11 is 0. The molecule has 1 saturated heterocycles. The molecule has 1 heterocycles. The van der Waals surface area contributed by atoms with Crippen molar-refractivity contribution in [2.75, 3.05) is 33.7 Å². The van der Waals surface area contributed by atoms with Gasteiger partial charge in [0.15, 0.2) is 0 Å². The minimum absolute atomic E-state index is 0.00287. The fourth-order valence-corrected chi connectivity index (χ4v) is 2.36. The smallest absolute Gasteiger partial charge is 0.317 e. The summed E-state index contributed by atoms with van der Waals surface area (Å²) in [6.45, 7) is 2.98. The van der Waals surface area contributed by atoms with Crippen LogP contribution in [0.4, 0.5) is 4.79 Å². The molecular weight excluding hydrogens is 262 g/mol. The Morgan fingerprint density at radius 2 is 2.10 bits per heavy atom. The van der Waals surface area contributed by atoms with Crippen LogP contribution in [0.5, 0.6) is 0 Å². The van der Waals surface area contributed by atoms with Crippen molar-refractivity contribution in [3.8, 4) is 0 Å². The Kier molecular flexibility index (Phi) is 6.22. The first kappa shape index (κ1) is 16.7. The normalized spacial score (nSPS) is 23.9. The summed E-state index contributed by atoms with van der Waals surface area (Å²) < 4.78 is 0. The third-order valence-electron chi connectivity index (χ3n) is 3.50. The molecule has 0 saturated carbocycles. The third kappa shape index (κ3) is 4.97. The first-order valence-corrected chi connectivity index (χ1v) is 6.91. The predicted octanol–water partition coefficient (Wildman–Crippen LogP) is -0.196. The van der Waals surface area contributed by atoms with Gasteiger partial charge in [-0.3, -0.25) is 4.79 Å². The van der Waals surface area contributed by atoms with Crippen LogP contribution in [0.2, 0.25) is 0 Å². The highest BCUT2D eigenvalue weighted by Crippen LogP contribution is 2.18. The van der Waals surface area contributed by atoms with Gasteiger partial charge < -0.3 is 25.3 Å². The highest BCUT2D eigenvalue weighted by atomic mass is 16.4. The monoisotopic (exact) mass is 287 g/mol. The summed E-state index contributed by atoms with van der Waals surface area (Å²) in [5.41, 5.74) is 0. The number of rotatable bonds is 6. The Bertz CT molecular complexity index is 349. The van der Waals surface area contributed by atoms with Gasteiger partial charge in [0.1, 0.15) is 0 Å². The van der Waals surface area contributed by atoms with Gasteiger partial charge in [-0.05, 0) is 26.9 Å². The van der Waals surface area contributed by atoms with E-state index in [4.69, 9.17) is 5.11 Å². The summed E-state index contributed by atoms with van der Waals surface area (Å²) in [4.78, 5) is 26.4. The maximum atomic E-state index is 12.1. The summed E-state index contributed by atoms with van der Waals surface area (Å²) in [6.07, 6.45) is 0.496. The van der Waals surface area contributed by atoms with E-state index < -0.39 is 18.0 Å². The van der Waals surface area contributed by atoms with Gasteiger partial charge in [0.05, 0.1) is 12.0 Å². The minimum Gasteiger partial charge on any atom is -0.481 e. The molecule has 0 aromatic carbocycles. The van der Waals surface area contributed by atoms with Crippen LogP contribution in [0.3, 0.4) is 0 Å². The third-order valence-corrected chi connectivity index (χ3v) is 3.50. The number of aliphatic hydroxyl groups excluding tert-OH is 1. The lowest BCUT2D eigenvalue weighted by molar-refractivity contribution is -0.141. The van der Waals surface area contributed by atoms with E-state index >= 15 is 0 Å². The molecule has 1 fully saturated rings. The molecule has 1 rings (SSSR count). The SMILES string of the molecule is CC(CCNC(=O)N1CC(O)CC1CN(C)C)C(=O)O. The van der Waals surface area contributed by atoms with Crippen LogP contribution in [0.25, 0.3) is 0 Å². The standard InChI is InChI=1S/C13H25N3O4/c1-9(12(18)19)4-5-14-13(20)16-8-11(17)6-10(16)7-15(2)3/h9-11,17H,4-8H2,1-3H3,(H,14,20)(H,18,19). The number of likely N-dealkylation sites (tertiary alicyclic amines) is 1. The molecule has 0 radical (unpaired) electrons. The molecule has 0 spiro atoms. The Balaban J connectivity index is 2.42. The lowest BCUT2D eigenvalue weighted by Crippen LogP contribution is -2.46. The van der Waals surface area contributed by atoms with Crippen LogP contribution in [0.1, 0.15) is 19.8 Å². The van der Waals surface area contributed by atoms with Crippen LogP contribution in [-0.2, 0) is 4.79 Å². The van der Waals surface area contributed by atoms with Crippen LogP contribution in [0, 0.1) is 5.92 Å². The number of aliphatic carboxylic acids is 1. The van der Waals surface area contributed by atoms with Gasteiger partial charge in [-0.1, -0.05) is 6.92 Å². The Morgan fingerprint density at radius 3 is 2.65 bits per heavy atom. The molecule has 3 atom stereocenters. The molecular formula is C13H25N3O4. The maximum Gasteiger partial charge on any atom is 0.317 e. The topological polar surface area (TPSA) is 93.1 Å². The quantitative estimate of drug-likeness (QED) is 0.629. The fraction of sp³-hybridized carbons (Fsp3) is 0.846. The second-order valence-electron chi connectivity index (χ2n) is 5.72. The molecule has 0 bridgehead atoms. The number of nitrogens with zero attached hydrogens (tertiary/aromatic N) is 2. The van der Waals surface area contributed by atoms with E-state index in [0.717, 1.165) is 0 Å². The van der Waals surface area contributed by atoms with E-state index in [9.17, 15) is 14.7 Å². The number of hydrogen-bond donors (Lipinski definition) is 3. The number of carbonyl (C=O) groups excluding carboxylic acids is 1. The van der Waals surface area contributed by atoms with E-state index in [0.29, 0.717) is 32.5 Å². The van der Waals surface area contributed by atoms with E-state index in [-0.39, 0.29) is 12.1 Å². The average molecular weight is 287 g/mol. The number of carboxylic acid groups (broad SMARTS) is 1. The largest absolute Gasteiger partial charge is 0.481 e. The van der Waals surface area contributed by atoms with Crippen molar-refractivity contribution < 1.29 is 19.8 Å². The molecule has 7 heteroatoms. The molecule has 0 aliphatic carbocycles. The molecule has 7 nitrogen and oxygen atoms in total. The summed E-state index contributed by atoms with van der Waals surface area (Å²) in [5, 5.41) is 21.2. The number of β-amino-alcohol motifs (C(OH)–C–C–N with tert-alkyl or cyclic N) is 1. The van der Waals surface area contributed by atoms with Gasteiger partial charge in [-0.15, -0.1) is 0 Å². The first-order chi connectivity index (χ1) is 9.31. The predicted molar refractivity (Wildman–Crippen MR) is 74.5 cm³/mol. The number of amides is 2. The summed E-state index contributed by atoms with van der Waals surface area (Å²) in [5.74, 6) is -1.33. The lowest BCUT2D eigenvalue weighted by atomic mass is 10.1. The van der Waals surface area contributed by atoms with Gasteiger partial charge in [0, 0.05) is 25.7 Å². The van der Waals surface area contributed by atoms with Crippen molar-refractivity contribution in [1.29, 1.82) is 0 Å². The number of carbonyl (C=O) groups is 2. The molecule has 20 heavy (non-hydrogen) atoms. The molecule has 0 aromatic heterocycles. The zero-order valence-corrected chi connectivity index (χ0v) is 12.4. The van der Waals surface area contributed by atoms with E-state index in [2.05, 4.69) is 5.32 Å². The van der Waals surface area contributed by atoms with E-state index in [1.165, 1.54) is 0 Å². The first-order valence-electron chi connectivity index (χ1n) is 6.91. The van der Waals surface area contributed by atoms with Crippen LogP contribution in [-0.4, -0.2) is 77.9 Å². The minimum atomic E-state index is -0.860. The number of hydrogen-bond acceptors (Lipinski definition) is 4. The Morgan fingerprint density at radius 1 is 1.45 bits per heavy atom. The number of carboxylic acids is 1. The van der Waals surface area contributed by atoms with Gasteiger partial charge >= 0.3 is 12.0 Å². The van der Waals surface area contributed by atoms with Crippen molar-refractivity contribution >= 4 is 12.0 Å². The Labute approximate surface area is 119 Å². The van der Waals surface area contributed by atoms with Gasteiger partial charge in [0.2, 0.25) is 0 Å². The van der Waals surface area contributed by atoms with Gasteiger partial charge in [-0.25, -0.2) is 4.79 Å². The van der Waals surface area contributed by atoms with E-state index in [1.807, 2.05) is 19.0 Å². The molecule has 1 aliphatic rings. The average Bonchev–Trinajstić information content (AvgIpc) is 2.68. The van der Waals surface area contributed by atoms with Gasteiger partial charge in [0.25, 0.3) is 0 Å². The second-order valence-corrected chi connectivity index (χ2v) is 5.72. The number of urea groups is 1. The van der Waals surface area contributed by atoms with Crippen LogP contribution in [0.15, 0.2) is 0 Å². The highest BCUT2D eigenvalue weighted by molar-refractivity contribution is 5.75. The fourth-order valence-electron chi connectivity index (χ4n) is 2.36. The van der Waals surface area contributed by atoms with Crippen molar-refractivity contribution in [1.82, 2.24) is 15.1 Å². The molecule has 0 aromatic rings. The second kappa shape index (κ2) is 7.44.